The largest absolute Gasteiger partial charge is 0.489 e. The second-order valence-electron chi connectivity index (χ2n) is 7.76. The number of carbonyl (C=O) groups is 2. The van der Waals surface area contributed by atoms with E-state index in [0.29, 0.717) is 22.6 Å². The zero-order valence-corrected chi connectivity index (χ0v) is 20.1. The van der Waals surface area contributed by atoms with Crippen LogP contribution in [0, 0.1) is 0 Å². The molecule has 8 nitrogen and oxygen atoms in total. The second kappa shape index (κ2) is 13.4. The first-order valence-corrected chi connectivity index (χ1v) is 10.7. The van der Waals surface area contributed by atoms with E-state index >= 15 is 0 Å². The van der Waals surface area contributed by atoms with Crippen LogP contribution < -0.4 is 9.47 Å². The summed E-state index contributed by atoms with van der Waals surface area (Å²) in [5.41, 5.74) is 0.600. The zero-order valence-electron chi connectivity index (χ0n) is 20.1. The van der Waals surface area contributed by atoms with Gasteiger partial charge in [-0.25, -0.2) is 9.59 Å². The molecule has 0 fully saturated rings. The summed E-state index contributed by atoms with van der Waals surface area (Å²) in [6, 6.07) is 11.1. The smallest absolute Gasteiger partial charge is 0.333 e. The molecule has 0 aliphatic carbocycles. The lowest BCUT2D eigenvalue weighted by molar-refractivity contribution is -0.149. The van der Waals surface area contributed by atoms with Gasteiger partial charge in [0.2, 0.25) is 0 Å². The SMILES string of the molecule is C=C(C)C(=O)OC(COC)COc1cccc2c(OCC(COC)OC(=O)C(=C)C)cccc12. The number of hydrogen-bond donors (Lipinski definition) is 0. The minimum Gasteiger partial charge on any atom is -0.489 e. The maximum Gasteiger partial charge on any atom is 0.333 e. The van der Waals surface area contributed by atoms with Crippen molar-refractivity contribution in [3.63, 3.8) is 0 Å². The van der Waals surface area contributed by atoms with E-state index in [1.807, 2.05) is 36.4 Å². The molecule has 2 aromatic rings. The lowest BCUT2D eigenvalue weighted by atomic mass is 10.1. The van der Waals surface area contributed by atoms with Gasteiger partial charge in [-0.3, -0.25) is 0 Å². The summed E-state index contributed by atoms with van der Waals surface area (Å²) in [5, 5.41) is 1.62. The molecule has 0 aliphatic rings. The van der Waals surface area contributed by atoms with Crippen LogP contribution in [0.5, 0.6) is 11.5 Å². The van der Waals surface area contributed by atoms with Gasteiger partial charge in [0.15, 0.2) is 12.2 Å². The Morgan fingerprint density at radius 3 is 1.41 bits per heavy atom. The van der Waals surface area contributed by atoms with Crippen molar-refractivity contribution < 1.29 is 38.0 Å². The van der Waals surface area contributed by atoms with Gasteiger partial charge in [0, 0.05) is 36.1 Å². The number of carbonyl (C=O) groups excluding carboxylic acids is 2. The van der Waals surface area contributed by atoms with Gasteiger partial charge in [-0.05, 0) is 26.0 Å². The van der Waals surface area contributed by atoms with Crippen molar-refractivity contribution in [2.75, 3.05) is 40.6 Å². The molecule has 34 heavy (non-hydrogen) atoms. The maximum atomic E-state index is 11.9. The molecule has 0 N–H and O–H groups in total. The number of benzene rings is 2. The molecule has 0 spiro atoms. The average Bonchev–Trinajstić information content (AvgIpc) is 2.80. The molecular formula is C26H32O8. The van der Waals surface area contributed by atoms with Crippen LogP contribution >= 0.6 is 0 Å². The van der Waals surface area contributed by atoms with Crippen molar-refractivity contribution in [2.45, 2.75) is 26.1 Å². The monoisotopic (exact) mass is 472 g/mol. The molecule has 0 aromatic heterocycles. The van der Waals surface area contributed by atoms with E-state index in [9.17, 15) is 9.59 Å². The molecule has 0 aliphatic heterocycles. The van der Waals surface area contributed by atoms with Crippen LogP contribution in [0.1, 0.15) is 13.8 Å². The molecule has 2 unspecified atom stereocenters. The van der Waals surface area contributed by atoms with Crippen molar-refractivity contribution in [3.05, 3.63) is 60.7 Å². The minimum absolute atomic E-state index is 0.101. The fourth-order valence-corrected chi connectivity index (χ4v) is 2.98. The predicted octanol–water partition coefficient (Wildman–Crippen LogP) is 3.87. The summed E-state index contributed by atoms with van der Waals surface area (Å²) in [6.07, 6.45) is -1.19. The molecule has 2 atom stereocenters. The normalized spacial score (nSPS) is 12.5. The standard InChI is InChI=1S/C26H32O8/c1-17(2)25(27)33-19(13-29-5)15-31-23-11-7-10-22-21(23)9-8-12-24(22)32-16-20(14-30-6)34-26(28)18(3)4/h7-12,19-20H,1,3,13-16H2,2,4-6H3. The van der Waals surface area contributed by atoms with Gasteiger partial charge < -0.3 is 28.4 Å². The van der Waals surface area contributed by atoms with Gasteiger partial charge in [0.05, 0.1) is 13.2 Å². The lowest BCUT2D eigenvalue weighted by Crippen LogP contribution is -2.29. The molecule has 0 saturated heterocycles. The Labute approximate surface area is 200 Å². The molecule has 184 valence electrons. The molecule has 0 amide bonds. The third kappa shape index (κ3) is 7.90. The number of ether oxygens (including phenoxy) is 6. The first-order chi connectivity index (χ1) is 16.3. The number of esters is 2. The minimum atomic E-state index is -0.596. The van der Waals surface area contributed by atoms with Gasteiger partial charge in [0.1, 0.15) is 24.7 Å². The van der Waals surface area contributed by atoms with E-state index in [2.05, 4.69) is 13.2 Å². The van der Waals surface area contributed by atoms with Gasteiger partial charge >= 0.3 is 11.9 Å². The van der Waals surface area contributed by atoms with Crippen LogP contribution in [0.2, 0.25) is 0 Å². The summed E-state index contributed by atoms with van der Waals surface area (Å²) in [5.74, 6) is 0.185. The summed E-state index contributed by atoms with van der Waals surface area (Å²) in [4.78, 5) is 23.8. The third-order valence-corrected chi connectivity index (χ3v) is 4.64. The summed E-state index contributed by atoms with van der Waals surface area (Å²) in [7, 11) is 3.04. The highest BCUT2D eigenvalue weighted by atomic mass is 16.6. The maximum absolute atomic E-state index is 11.9. The molecular weight excluding hydrogens is 440 g/mol. The first kappa shape index (κ1) is 26.9. The Hall–Kier alpha value is -3.36. The average molecular weight is 473 g/mol. The van der Waals surface area contributed by atoms with Crippen molar-refractivity contribution in [1.82, 2.24) is 0 Å². The second-order valence-corrected chi connectivity index (χ2v) is 7.76. The molecule has 0 radical (unpaired) electrons. The molecule has 0 saturated carbocycles. The highest BCUT2D eigenvalue weighted by molar-refractivity contribution is 5.93. The number of fused-ring (bicyclic) bond motifs is 1. The van der Waals surface area contributed by atoms with Crippen molar-refractivity contribution in [1.29, 1.82) is 0 Å². The summed E-state index contributed by atoms with van der Waals surface area (Å²) in [6.45, 7) is 10.9. The molecule has 2 aromatic carbocycles. The Morgan fingerprint density at radius 2 is 1.09 bits per heavy atom. The number of methoxy groups -OCH3 is 2. The topological polar surface area (TPSA) is 89.5 Å². The fourth-order valence-electron chi connectivity index (χ4n) is 2.98. The van der Waals surface area contributed by atoms with Gasteiger partial charge in [-0.15, -0.1) is 0 Å². The van der Waals surface area contributed by atoms with Gasteiger partial charge in [-0.1, -0.05) is 37.4 Å². The molecule has 2 rings (SSSR count). The van der Waals surface area contributed by atoms with Crippen molar-refractivity contribution in [3.8, 4) is 11.5 Å². The van der Waals surface area contributed by atoms with Crippen LogP contribution in [0.25, 0.3) is 10.8 Å². The Morgan fingerprint density at radius 1 is 0.706 bits per heavy atom. The Bertz CT molecular complexity index is 932. The van der Waals surface area contributed by atoms with Crippen molar-refractivity contribution >= 4 is 22.7 Å². The van der Waals surface area contributed by atoms with E-state index in [4.69, 9.17) is 28.4 Å². The van der Waals surface area contributed by atoms with Gasteiger partial charge in [-0.2, -0.15) is 0 Å². The quantitative estimate of drug-likeness (QED) is 0.302. The fraction of sp³-hybridized carbons (Fsp3) is 0.385. The van der Waals surface area contributed by atoms with E-state index in [1.54, 1.807) is 13.8 Å². The number of rotatable bonds is 14. The van der Waals surface area contributed by atoms with Crippen LogP contribution in [0.15, 0.2) is 60.7 Å². The third-order valence-electron chi connectivity index (χ3n) is 4.64. The van der Waals surface area contributed by atoms with Crippen LogP contribution in [0.3, 0.4) is 0 Å². The van der Waals surface area contributed by atoms with Crippen molar-refractivity contribution in [2.24, 2.45) is 0 Å². The van der Waals surface area contributed by atoms with E-state index in [-0.39, 0.29) is 26.4 Å². The molecule has 8 heteroatoms. The van der Waals surface area contributed by atoms with E-state index < -0.39 is 24.1 Å². The predicted molar refractivity (Wildman–Crippen MR) is 128 cm³/mol. The van der Waals surface area contributed by atoms with Crippen LogP contribution in [0.4, 0.5) is 0 Å². The van der Waals surface area contributed by atoms with E-state index in [0.717, 1.165) is 10.8 Å². The Kier molecular flexibility index (Phi) is 10.6. The Balaban J connectivity index is 2.15. The molecule has 0 heterocycles. The first-order valence-electron chi connectivity index (χ1n) is 10.7. The zero-order chi connectivity index (χ0) is 25.1. The highest BCUT2D eigenvalue weighted by Crippen LogP contribution is 2.32. The molecule has 0 bridgehead atoms. The lowest BCUT2D eigenvalue weighted by Gasteiger charge is -2.20. The summed E-state index contributed by atoms with van der Waals surface area (Å²) >= 11 is 0. The highest BCUT2D eigenvalue weighted by Gasteiger charge is 2.19. The summed E-state index contributed by atoms with van der Waals surface area (Å²) < 4.78 is 33.0. The van der Waals surface area contributed by atoms with Crippen LogP contribution in [-0.2, 0) is 28.5 Å². The van der Waals surface area contributed by atoms with Crippen LogP contribution in [-0.4, -0.2) is 64.8 Å². The number of hydrogen-bond acceptors (Lipinski definition) is 8. The van der Waals surface area contributed by atoms with E-state index in [1.165, 1.54) is 14.2 Å². The van der Waals surface area contributed by atoms with Gasteiger partial charge in [0.25, 0.3) is 0 Å².